The van der Waals surface area contributed by atoms with Crippen molar-refractivity contribution >= 4 is 7.60 Å². The van der Waals surface area contributed by atoms with E-state index in [4.69, 9.17) is 13.8 Å². The Bertz CT molecular complexity index is 421. The van der Waals surface area contributed by atoms with Gasteiger partial charge >= 0.3 is 7.60 Å². The predicted octanol–water partition coefficient (Wildman–Crippen LogP) is 3.77. The van der Waals surface area contributed by atoms with Crippen molar-refractivity contribution in [1.29, 1.82) is 0 Å². The third kappa shape index (κ3) is 4.45. The van der Waals surface area contributed by atoms with Gasteiger partial charge in [-0.15, -0.1) is 0 Å². The van der Waals surface area contributed by atoms with E-state index in [1.165, 1.54) is 0 Å². The molecular formula is C13H21O4P. The minimum atomic E-state index is -3.05. The van der Waals surface area contributed by atoms with Crippen LogP contribution in [-0.4, -0.2) is 20.3 Å². The molecule has 0 saturated carbocycles. The second-order valence-corrected chi connectivity index (χ2v) is 6.02. The number of ether oxygens (including phenoxy) is 1. The fourth-order valence-electron chi connectivity index (χ4n) is 1.78. The van der Waals surface area contributed by atoms with Crippen LogP contribution in [0.3, 0.4) is 0 Å². The summed E-state index contributed by atoms with van der Waals surface area (Å²) in [6.45, 7) is 6.34. The highest BCUT2D eigenvalue weighted by Gasteiger charge is 2.24. The van der Waals surface area contributed by atoms with Gasteiger partial charge in [0.05, 0.1) is 26.5 Å². The first-order chi connectivity index (χ1) is 8.53. The molecule has 0 fully saturated rings. The van der Waals surface area contributed by atoms with E-state index in [1.54, 1.807) is 7.11 Å². The molecule has 0 radical (unpaired) electrons. The fraction of sp³-hybridized carbons (Fsp3) is 0.538. The Kier molecular flexibility index (Phi) is 5.86. The fourth-order valence-corrected chi connectivity index (χ4v) is 3.45. The maximum absolute atomic E-state index is 12.4. The van der Waals surface area contributed by atoms with Crippen LogP contribution in [0.2, 0.25) is 0 Å². The standard InChI is InChI=1S/C13H21O4P/c1-5-16-18(14,17-6-2)10-12-7-11(3)8-13(9-12)15-4/h7-9H,5-6,10H2,1-4H3. The Morgan fingerprint density at radius 2 is 1.72 bits per heavy atom. The minimum Gasteiger partial charge on any atom is -0.497 e. The van der Waals surface area contributed by atoms with Crippen molar-refractivity contribution in [2.45, 2.75) is 26.9 Å². The van der Waals surface area contributed by atoms with Gasteiger partial charge in [-0.05, 0) is 44.0 Å². The van der Waals surface area contributed by atoms with Crippen molar-refractivity contribution in [3.63, 3.8) is 0 Å². The van der Waals surface area contributed by atoms with E-state index in [0.717, 1.165) is 16.9 Å². The number of hydrogen-bond acceptors (Lipinski definition) is 4. The van der Waals surface area contributed by atoms with Gasteiger partial charge in [-0.1, -0.05) is 6.07 Å². The van der Waals surface area contributed by atoms with Gasteiger partial charge in [-0.3, -0.25) is 4.57 Å². The van der Waals surface area contributed by atoms with Crippen LogP contribution < -0.4 is 4.74 Å². The van der Waals surface area contributed by atoms with Crippen molar-refractivity contribution in [3.8, 4) is 5.75 Å². The van der Waals surface area contributed by atoms with E-state index >= 15 is 0 Å². The summed E-state index contributed by atoms with van der Waals surface area (Å²) in [5.74, 6) is 0.754. The van der Waals surface area contributed by atoms with E-state index < -0.39 is 7.60 Å². The first-order valence-corrected chi connectivity index (χ1v) is 7.78. The van der Waals surface area contributed by atoms with E-state index in [9.17, 15) is 4.57 Å². The van der Waals surface area contributed by atoms with Gasteiger partial charge in [0, 0.05) is 0 Å². The largest absolute Gasteiger partial charge is 0.497 e. The predicted molar refractivity (Wildman–Crippen MR) is 72.3 cm³/mol. The number of hydrogen-bond donors (Lipinski definition) is 0. The molecule has 0 unspecified atom stereocenters. The van der Waals surface area contributed by atoms with Gasteiger partial charge in [0.15, 0.2) is 0 Å². The summed E-state index contributed by atoms with van der Waals surface area (Å²) < 4.78 is 28.2. The molecule has 0 atom stereocenters. The Morgan fingerprint density at radius 3 is 2.22 bits per heavy atom. The lowest BCUT2D eigenvalue weighted by molar-refractivity contribution is 0.219. The van der Waals surface area contributed by atoms with Crippen LogP contribution in [0.4, 0.5) is 0 Å². The molecule has 1 rings (SSSR count). The van der Waals surface area contributed by atoms with Crippen LogP contribution in [0.25, 0.3) is 0 Å². The van der Waals surface area contributed by atoms with Crippen LogP contribution >= 0.6 is 7.60 Å². The maximum Gasteiger partial charge on any atom is 0.335 e. The molecule has 18 heavy (non-hydrogen) atoms. The topological polar surface area (TPSA) is 44.8 Å². The zero-order valence-corrected chi connectivity index (χ0v) is 12.3. The average molecular weight is 272 g/mol. The molecule has 5 heteroatoms. The molecule has 0 aliphatic rings. The van der Waals surface area contributed by atoms with Crippen LogP contribution in [0, 0.1) is 6.92 Å². The van der Waals surface area contributed by atoms with Crippen LogP contribution in [-0.2, 0) is 19.8 Å². The molecule has 0 bridgehead atoms. The number of methoxy groups -OCH3 is 1. The summed E-state index contributed by atoms with van der Waals surface area (Å²) in [5.41, 5.74) is 1.96. The van der Waals surface area contributed by atoms with Gasteiger partial charge in [0.2, 0.25) is 0 Å². The lowest BCUT2D eigenvalue weighted by atomic mass is 10.1. The minimum absolute atomic E-state index is 0.271. The molecule has 0 aliphatic carbocycles. The summed E-state index contributed by atoms with van der Waals surface area (Å²) in [6.07, 6.45) is 0.271. The lowest BCUT2D eigenvalue weighted by Gasteiger charge is -2.17. The van der Waals surface area contributed by atoms with Crippen LogP contribution in [0.5, 0.6) is 5.75 Å². The highest BCUT2D eigenvalue weighted by molar-refractivity contribution is 7.53. The maximum atomic E-state index is 12.4. The molecule has 0 spiro atoms. The van der Waals surface area contributed by atoms with E-state index in [-0.39, 0.29) is 6.16 Å². The second-order valence-electron chi connectivity index (χ2n) is 3.96. The van der Waals surface area contributed by atoms with Crippen molar-refractivity contribution in [2.75, 3.05) is 20.3 Å². The van der Waals surface area contributed by atoms with E-state index in [0.29, 0.717) is 13.2 Å². The van der Waals surface area contributed by atoms with Crippen molar-refractivity contribution in [1.82, 2.24) is 0 Å². The molecule has 102 valence electrons. The Balaban J connectivity index is 2.93. The van der Waals surface area contributed by atoms with Gasteiger partial charge < -0.3 is 13.8 Å². The molecular weight excluding hydrogens is 251 g/mol. The van der Waals surface area contributed by atoms with Crippen LogP contribution in [0.15, 0.2) is 18.2 Å². The van der Waals surface area contributed by atoms with E-state index in [1.807, 2.05) is 39.0 Å². The molecule has 0 aliphatic heterocycles. The highest BCUT2D eigenvalue weighted by Crippen LogP contribution is 2.51. The molecule has 0 heterocycles. The summed E-state index contributed by atoms with van der Waals surface area (Å²) in [6, 6.07) is 5.75. The summed E-state index contributed by atoms with van der Waals surface area (Å²) in [5, 5.41) is 0. The van der Waals surface area contributed by atoms with Crippen molar-refractivity contribution in [2.24, 2.45) is 0 Å². The molecule has 4 nitrogen and oxygen atoms in total. The third-order valence-electron chi connectivity index (χ3n) is 2.37. The third-order valence-corrected chi connectivity index (χ3v) is 4.43. The van der Waals surface area contributed by atoms with Crippen LogP contribution in [0.1, 0.15) is 25.0 Å². The van der Waals surface area contributed by atoms with E-state index in [2.05, 4.69) is 0 Å². The highest BCUT2D eigenvalue weighted by atomic mass is 31.2. The molecule has 0 amide bonds. The Morgan fingerprint density at radius 1 is 1.11 bits per heavy atom. The van der Waals surface area contributed by atoms with Crippen molar-refractivity contribution in [3.05, 3.63) is 29.3 Å². The molecule has 0 aromatic heterocycles. The molecule has 1 aromatic rings. The number of rotatable bonds is 7. The normalized spacial score (nSPS) is 11.6. The lowest BCUT2D eigenvalue weighted by Crippen LogP contribution is -1.99. The monoisotopic (exact) mass is 272 g/mol. The molecule has 1 aromatic carbocycles. The summed E-state index contributed by atoms with van der Waals surface area (Å²) >= 11 is 0. The number of aryl methyl sites for hydroxylation is 1. The van der Waals surface area contributed by atoms with Gasteiger partial charge in [0.25, 0.3) is 0 Å². The molecule has 0 N–H and O–H groups in total. The second kappa shape index (κ2) is 6.93. The summed E-state index contributed by atoms with van der Waals surface area (Å²) in [7, 11) is -1.43. The zero-order chi connectivity index (χ0) is 13.6. The Hall–Kier alpha value is -0.830. The summed E-state index contributed by atoms with van der Waals surface area (Å²) in [4.78, 5) is 0. The first kappa shape index (κ1) is 15.2. The average Bonchev–Trinajstić information content (AvgIpc) is 2.28. The van der Waals surface area contributed by atoms with Crippen molar-refractivity contribution < 1.29 is 18.3 Å². The quantitative estimate of drug-likeness (QED) is 0.709. The van der Waals surface area contributed by atoms with Gasteiger partial charge in [-0.2, -0.15) is 0 Å². The zero-order valence-electron chi connectivity index (χ0n) is 11.4. The molecule has 0 saturated heterocycles. The first-order valence-electron chi connectivity index (χ1n) is 6.05. The Labute approximate surface area is 109 Å². The SMILES string of the molecule is CCOP(=O)(Cc1cc(C)cc(OC)c1)OCC. The van der Waals surface area contributed by atoms with Gasteiger partial charge in [-0.25, -0.2) is 0 Å². The smallest absolute Gasteiger partial charge is 0.335 e. The number of benzene rings is 1. The van der Waals surface area contributed by atoms with Gasteiger partial charge in [0.1, 0.15) is 5.75 Å².